The van der Waals surface area contributed by atoms with Gasteiger partial charge >= 0.3 is 6.09 Å². The molecule has 2 saturated heterocycles. The summed E-state index contributed by atoms with van der Waals surface area (Å²) in [6.45, 7) is 5.20. The minimum absolute atomic E-state index is 0.0692. The zero-order chi connectivity index (χ0) is 27.3. The van der Waals surface area contributed by atoms with Gasteiger partial charge in [0.1, 0.15) is 6.07 Å². The molecule has 2 aromatic heterocycles. The fraction of sp³-hybridized carbons (Fsp3) is 0.440. The number of nitrogens with zero attached hydrogens (tertiary/aromatic N) is 9. The molecule has 6 rings (SSSR count). The maximum atomic E-state index is 11.4. The average Bonchev–Trinajstić information content (AvgIpc) is 3.60. The fourth-order valence-electron chi connectivity index (χ4n) is 5.13. The van der Waals surface area contributed by atoms with Crippen molar-refractivity contribution in [1.29, 1.82) is 10.5 Å². The van der Waals surface area contributed by atoms with Crippen LogP contribution in [-0.4, -0.2) is 91.4 Å². The van der Waals surface area contributed by atoms with Gasteiger partial charge in [0.05, 0.1) is 34.2 Å². The van der Waals surface area contributed by atoms with Crippen molar-refractivity contribution in [2.45, 2.75) is 37.9 Å². The van der Waals surface area contributed by atoms with Crippen molar-refractivity contribution in [1.82, 2.24) is 29.4 Å². The lowest BCUT2D eigenvalue weighted by molar-refractivity contribution is 0.0466. The summed E-state index contributed by atoms with van der Waals surface area (Å²) < 4.78 is 1.44. The molecule has 39 heavy (non-hydrogen) atoms. The van der Waals surface area contributed by atoms with E-state index in [1.165, 1.54) is 15.6 Å². The predicted molar refractivity (Wildman–Crippen MR) is 143 cm³/mol. The summed E-state index contributed by atoms with van der Waals surface area (Å²) in [7, 11) is 0. The van der Waals surface area contributed by atoms with Crippen LogP contribution in [0.5, 0.6) is 0 Å². The van der Waals surface area contributed by atoms with Crippen molar-refractivity contribution in [2.75, 3.05) is 48.3 Å². The van der Waals surface area contributed by atoms with Crippen molar-refractivity contribution >= 4 is 46.5 Å². The normalized spacial score (nSPS) is 19.8. The third-order valence-corrected chi connectivity index (χ3v) is 7.85. The number of hydrogen-bond acceptors (Lipinski definition) is 10. The van der Waals surface area contributed by atoms with E-state index in [2.05, 4.69) is 47.6 Å². The number of fused-ring (bicyclic) bond motifs is 1. The molecule has 200 valence electrons. The maximum Gasteiger partial charge on any atom is 0.407 e. The summed E-state index contributed by atoms with van der Waals surface area (Å²) in [5.41, 5.74) is 2.38. The SMILES string of the molecule is CC1CN(C2CN(c3cc(C#N)cc(Nc4nc(NC5CC5)c5ncc(C#N)n5n4)c3Cl)C2)CCN1C(=O)O. The molecule has 4 heterocycles. The Kier molecular flexibility index (Phi) is 6.25. The topological polar surface area (TPSA) is 162 Å². The minimum atomic E-state index is -0.882. The van der Waals surface area contributed by atoms with Crippen LogP contribution < -0.4 is 15.5 Å². The van der Waals surface area contributed by atoms with Gasteiger partial charge in [-0.3, -0.25) is 4.90 Å². The lowest BCUT2D eigenvalue weighted by Crippen LogP contribution is -2.65. The number of halogens is 1. The smallest absolute Gasteiger partial charge is 0.407 e. The third-order valence-electron chi connectivity index (χ3n) is 7.45. The Balaban J connectivity index is 1.23. The van der Waals surface area contributed by atoms with Crippen LogP contribution in [0.2, 0.25) is 5.02 Å². The highest BCUT2D eigenvalue weighted by Crippen LogP contribution is 2.39. The first-order chi connectivity index (χ1) is 18.8. The van der Waals surface area contributed by atoms with Crippen LogP contribution in [0.15, 0.2) is 18.3 Å². The molecule has 1 amide bonds. The van der Waals surface area contributed by atoms with Gasteiger partial charge in [0.15, 0.2) is 17.2 Å². The van der Waals surface area contributed by atoms with Crippen LogP contribution in [0, 0.1) is 22.7 Å². The lowest BCUT2D eigenvalue weighted by Gasteiger charge is -2.50. The van der Waals surface area contributed by atoms with Crippen molar-refractivity contribution in [2.24, 2.45) is 0 Å². The Morgan fingerprint density at radius 3 is 2.64 bits per heavy atom. The van der Waals surface area contributed by atoms with Crippen molar-refractivity contribution in [3.05, 3.63) is 34.6 Å². The van der Waals surface area contributed by atoms with Crippen LogP contribution in [0.25, 0.3) is 5.65 Å². The first kappa shape index (κ1) is 25.0. The largest absolute Gasteiger partial charge is 0.465 e. The fourth-order valence-corrected chi connectivity index (χ4v) is 5.40. The zero-order valence-electron chi connectivity index (χ0n) is 21.2. The molecular weight excluding hydrogens is 522 g/mol. The third kappa shape index (κ3) is 4.71. The summed E-state index contributed by atoms with van der Waals surface area (Å²) in [6.07, 6.45) is 2.65. The number of nitriles is 2. The first-order valence-corrected chi connectivity index (χ1v) is 13.1. The lowest BCUT2D eigenvalue weighted by atomic mass is 10.0. The van der Waals surface area contributed by atoms with Crippen LogP contribution in [0.4, 0.5) is 27.9 Å². The standard InChI is InChI=1S/C25H26ClN11O2/c1-14-11-34(4-5-36(14)25(38)39)18-12-35(13-18)20-7-15(8-27)6-19(21(20)26)31-24-32-22(30-16-2-3-16)23-29-10-17(9-28)37(23)33-24/h6-7,10,14,16,18H,2-5,11-13H2,1H3,(H,38,39)(H2,30,31,32,33). The molecular formula is C25H26ClN11O2. The second-order valence-electron chi connectivity index (χ2n) is 10.2. The number of rotatable bonds is 6. The van der Waals surface area contributed by atoms with Gasteiger partial charge in [-0.15, -0.1) is 5.10 Å². The van der Waals surface area contributed by atoms with Crippen LogP contribution in [0.3, 0.4) is 0 Å². The van der Waals surface area contributed by atoms with E-state index < -0.39 is 6.09 Å². The first-order valence-electron chi connectivity index (χ1n) is 12.8. The number of piperazine rings is 1. The number of nitrogens with one attached hydrogen (secondary N) is 2. The minimum Gasteiger partial charge on any atom is -0.465 e. The number of aromatic nitrogens is 4. The van der Waals surface area contributed by atoms with E-state index >= 15 is 0 Å². The quantitative estimate of drug-likeness (QED) is 0.416. The monoisotopic (exact) mass is 547 g/mol. The van der Waals surface area contributed by atoms with Gasteiger partial charge in [-0.05, 0) is 31.9 Å². The van der Waals surface area contributed by atoms with E-state index in [1.807, 2.05) is 6.92 Å². The van der Waals surface area contributed by atoms with Gasteiger partial charge in [-0.25, -0.2) is 9.78 Å². The molecule has 3 fully saturated rings. The van der Waals surface area contributed by atoms with Crippen molar-refractivity contribution in [3.63, 3.8) is 0 Å². The number of hydrogen-bond donors (Lipinski definition) is 3. The molecule has 13 nitrogen and oxygen atoms in total. The molecule has 14 heteroatoms. The predicted octanol–water partition coefficient (Wildman–Crippen LogP) is 2.71. The van der Waals surface area contributed by atoms with E-state index in [4.69, 9.17) is 11.6 Å². The molecule has 1 atom stereocenters. The number of benzene rings is 1. The Morgan fingerprint density at radius 1 is 1.18 bits per heavy atom. The van der Waals surface area contributed by atoms with Crippen molar-refractivity contribution < 1.29 is 9.90 Å². The van der Waals surface area contributed by atoms with Gasteiger partial charge in [0, 0.05) is 50.8 Å². The van der Waals surface area contributed by atoms with Gasteiger partial charge in [0.2, 0.25) is 5.95 Å². The van der Waals surface area contributed by atoms with Crippen LogP contribution in [-0.2, 0) is 0 Å². The van der Waals surface area contributed by atoms with E-state index in [0.29, 0.717) is 66.5 Å². The molecule has 1 saturated carbocycles. The molecule has 0 spiro atoms. The Hall–Kier alpha value is -4.33. The van der Waals surface area contributed by atoms with Gasteiger partial charge in [-0.1, -0.05) is 11.6 Å². The molecule has 3 aliphatic rings. The number of anilines is 4. The maximum absolute atomic E-state index is 11.4. The Labute approximate surface area is 229 Å². The molecule has 1 unspecified atom stereocenters. The number of amides is 1. The van der Waals surface area contributed by atoms with Crippen LogP contribution >= 0.6 is 11.6 Å². The van der Waals surface area contributed by atoms with Gasteiger partial charge < -0.3 is 25.5 Å². The Bertz CT molecular complexity index is 1530. The summed E-state index contributed by atoms with van der Waals surface area (Å²) >= 11 is 6.85. The molecule has 0 bridgehead atoms. The molecule has 3 N–H and O–H groups in total. The average molecular weight is 548 g/mol. The molecule has 1 aliphatic carbocycles. The van der Waals surface area contributed by atoms with Crippen molar-refractivity contribution in [3.8, 4) is 12.1 Å². The second kappa shape index (κ2) is 9.76. The molecule has 0 radical (unpaired) electrons. The molecule has 3 aromatic rings. The van der Waals surface area contributed by atoms with E-state index in [1.54, 1.807) is 12.1 Å². The molecule has 1 aromatic carbocycles. The highest BCUT2D eigenvalue weighted by atomic mass is 35.5. The number of carboxylic acid groups (broad SMARTS) is 1. The van der Waals surface area contributed by atoms with E-state index in [9.17, 15) is 20.4 Å². The summed E-state index contributed by atoms with van der Waals surface area (Å²) in [5, 5.41) is 39.9. The zero-order valence-corrected chi connectivity index (χ0v) is 21.9. The highest BCUT2D eigenvalue weighted by Gasteiger charge is 2.37. The summed E-state index contributed by atoms with van der Waals surface area (Å²) in [4.78, 5) is 26.2. The summed E-state index contributed by atoms with van der Waals surface area (Å²) in [6, 6.07) is 8.22. The summed E-state index contributed by atoms with van der Waals surface area (Å²) in [5.74, 6) is 0.738. The van der Waals surface area contributed by atoms with E-state index in [0.717, 1.165) is 18.5 Å². The molecule has 2 aliphatic heterocycles. The van der Waals surface area contributed by atoms with E-state index in [-0.39, 0.29) is 23.7 Å². The van der Waals surface area contributed by atoms with Crippen LogP contribution in [0.1, 0.15) is 31.0 Å². The van der Waals surface area contributed by atoms with Gasteiger partial charge in [-0.2, -0.15) is 20.0 Å². The highest BCUT2D eigenvalue weighted by molar-refractivity contribution is 6.36. The van der Waals surface area contributed by atoms with Gasteiger partial charge in [0.25, 0.3) is 0 Å². The second-order valence-corrected chi connectivity index (χ2v) is 10.5. The number of imidazole rings is 1. The number of carbonyl (C=O) groups is 1. The Morgan fingerprint density at radius 2 is 1.97 bits per heavy atom.